The second-order valence-corrected chi connectivity index (χ2v) is 9.76. The lowest BCUT2D eigenvalue weighted by molar-refractivity contribution is -0.140. The first-order valence-corrected chi connectivity index (χ1v) is 12.2. The second-order valence-electron chi connectivity index (χ2n) is 8.62. The summed E-state index contributed by atoms with van der Waals surface area (Å²) in [5.41, 5.74) is -3.76. The molecule has 0 aromatic heterocycles. The molecule has 1 saturated carbocycles. The predicted octanol–water partition coefficient (Wildman–Crippen LogP) is 6.54. The van der Waals surface area contributed by atoms with Gasteiger partial charge >= 0.3 is 11.5 Å². The predicted molar refractivity (Wildman–Crippen MR) is 127 cm³/mol. The summed E-state index contributed by atoms with van der Waals surface area (Å²) < 4.78 is 57.5. The Hall–Kier alpha value is -3.27. The molecule has 1 atom stereocenters. The summed E-state index contributed by atoms with van der Waals surface area (Å²) >= 11 is -0.225. The van der Waals surface area contributed by atoms with Crippen molar-refractivity contribution in [2.75, 3.05) is 0 Å². The first-order valence-electron chi connectivity index (χ1n) is 11.3. The van der Waals surface area contributed by atoms with Crippen LogP contribution in [0.15, 0.2) is 59.5 Å². The molecule has 5 nitrogen and oxygen atoms in total. The van der Waals surface area contributed by atoms with E-state index in [1.54, 1.807) is 6.07 Å². The fourth-order valence-corrected chi connectivity index (χ4v) is 4.98. The third-order valence-corrected chi connectivity index (χ3v) is 6.88. The van der Waals surface area contributed by atoms with E-state index in [1.807, 2.05) is 0 Å². The molecule has 0 bridgehead atoms. The number of carboxylic acid groups (broad SMARTS) is 1. The number of thioether (sulfide) groups is 1. The smallest absolute Gasteiger partial charge is 0.446 e. The second kappa shape index (κ2) is 10.8. The van der Waals surface area contributed by atoms with Gasteiger partial charge in [0.05, 0.1) is 5.56 Å². The van der Waals surface area contributed by atoms with Crippen molar-refractivity contribution in [3.05, 3.63) is 71.5 Å². The fourth-order valence-electron chi connectivity index (χ4n) is 4.44. The Morgan fingerprint density at radius 1 is 1.06 bits per heavy atom. The lowest BCUT2D eigenvalue weighted by Crippen LogP contribution is -2.45. The summed E-state index contributed by atoms with van der Waals surface area (Å²) in [6.45, 7) is -0.0707. The highest BCUT2D eigenvalue weighted by Crippen LogP contribution is 2.37. The van der Waals surface area contributed by atoms with Crippen LogP contribution in [-0.4, -0.2) is 28.5 Å². The summed E-state index contributed by atoms with van der Waals surface area (Å²) in [7, 11) is 0. The molecule has 2 N–H and O–H groups in total. The van der Waals surface area contributed by atoms with Crippen LogP contribution in [0.25, 0.3) is 10.8 Å². The molecule has 4 rings (SSSR count). The van der Waals surface area contributed by atoms with Crippen LogP contribution < -0.4 is 10.1 Å². The summed E-state index contributed by atoms with van der Waals surface area (Å²) in [6.07, 6.45) is 3.22. The molecule has 10 heteroatoms. The molecule has 3 aromatic rings. The van der Waals surface area contributed by atoms with Crippen LogP contribution in [0, 0.1) is 11.7 Å². The molecule has 190 valence electrons. The van der Waals surface area contributed by atoms with Crippen molar-refractivity contribution in [1.82, 2.24) is 5.32 Å². The minimum atomic E-state index is -4.40. The summed E-state index contributed by atoms with van der Waals surface area (Å²) in [5, 5.41) is 13.2. The number of carboxylic acids is 1. The van der Waals surface area contributed by atoms with Gasteiger partial charge in [-0.3, -0.25) is 4.79 Å². The number of carbonyl (C=O) groups excluding carboxylic acids is 1. The lowest BCUT2D eigenvalue weighted by atomic mass is 9.97. The van der Waals surface area contributed by atoms with Crippen LogP contribution in [0.2, 0.25) is 0 Å². The van der Waals surface area contributed by atoms with E-state index >= 15 is 0 Å². The minimum Gasteiger partial charge on any atom is -0.487 e. The molecule has 0 saturated heterocycles. The number of fused-ring (bicyclic) bond motifs is 1. The van der Waals surface area contributed by atoms with Gasteiger partial charge in [-0.1, -0.05) is 31.0 Å². The highest BCUT2D eigenvalue weighted by molar-refractivity contribution is 8.00. The van der Waals surface area contributed by atoms with E-state index < -0.39 is 29.2 Å². The van der Waals surface area contributed by atoms with Gasteiger partial charge in [-0.05, 0) is 77.9 Å². The number of amides is 1. The van der Waals surface area contributed by atoms with E-state index in [2.05, 4.69) is 5.32 Å². The number of hydrogen-bond acceptors (Lipinski definition) is 4. The molecule has 0 spiro atoms. The third-order valence-electron chi connectivity index (χ3n) is 6.14. The van der Waals surface area contributed by atoms with E-state index in [0.29, 0.717) is 29.2 Å². The molecule has 1 fully saturated rings. The van der Waals surface area contributed by atoms with E-state index in [4.69, 9.17) is 4.74 Å². The largest absolute Gasteiger partial charge is 0.487 e. The molecular weight excluding hydrogens is 498 g/mol. The number of benzene rings is 3. The number of aliphatic carboxylic acids is 1. The van der Waals surface area contributed by atoms with Crippen molar-refractivity contribution in [3.8, 4) is 5.75 Å². The van der Waals surface area contributed by atoms with Gasteiger partial charge in [0, 0.05) is 10.3 Å². The van der Waals surface area contributed by atoms with Gasteiger partial charge in [0.15, 0.2) is 0 Å². The maximum absolute atomic E-state index is 13.8. The summed E-state index contributed by atoms with van der Waals surface area (Å²) in [6, 6.07) is 11.5. The van der Waals surface area contributed by atoms with E-state index in [-0.39, 0.29) is 40.5 Å². The first-order chi connectivity index (χ1) is 17.1. The Labute approximate surface area is 208 Å². The molecule has 1 aliphatic rings. The zero-order valence-corrected chi connectivity index (χ0v) is 19.8. The molecule has 0 radical (unpaired) electrons. The number of hydrogen-bond donors (Lipinski definition) is 2. The first kappa shape index (κ1) is 25.8. The average Bonchev–Trinajstić information content (AvgIpc) is 3.35. The molecule has 3 aromatic carbocycles. The van der Waals surface area contributed by atoms with Crippen LogP contribution in [0.4, 0.5) is 17.6 Å². The van der Waals surface area contributed by atoms with Gasteiger partial charge in [-0.25, -0.2) is 9.18 Å². The van der Waals surface area contributed by atoms with E-state index in [9.17, 15) is 32.3 Å². The van der Waals surface area contributed by atoms with Gasteiger partial charge in [-0.15, -0.1) is 0 Å². The normalized spacial score (nSPS) is 15.1. The molecule has 36 heavy (non-hydrogen) atoms. The van der Waals surface area contributed by atoms with Crippen molar-refractivity contribution in [2.24, 2.45) is 5.92 Å². The Morgan fingerprint density at radius 2 is 1.75 bits per heavy atom. The SMILES string of the molecule is O=C(NC(C(=O)O)C1CCCC1)c1ccc2cc(F)ccc2c1OCc1ccc(SC(F)(F)F)cc1. The van der Waals surface area contributed by atoms with E-state index in [0.717, 1.165) is 12.8 Å². The fraction of sp³-hybridized carbons (Fsp3) is 0.308. The summed E-state index contributed by atoms with van der Waals surface area (Å²) in [5.74, 6) is -2.26. The number of ether oxygens (including phenoxy) is 1. The Kier molecular flexibility index (Phi) is 7.73. The molecule has 1 unspecified atom stereocenters. The van der Waals surface area contributed by atoms with Crippen molar-refractivity contribution in [3.63, 3.8) is 0 Å². The quantitative estimate of drug-likeness (QED) is 0.260. The van der Waals surface area contributed by atoms with Crippen LogP contribution in [0.3, 0.4) is 0 Å². The van der Waals surface area contributed by atoms with Crippen LogP contribution in [0.1, 0.15) is 41.6 Å². The number of alkyl halides is 3. The number of carbonyl (C=O) groups is 2. The number of halogens is 4. The third kappa shape index (κ3) is 6.29. The summed E-state index contributed by atoms with van der Waals surface area (Å²) in [4.78, 5) is 25.1. The van der Waals surface area contributed by atoms with Crippen molar-refractivity contribution in [2.45, 2.75) is 48.7 Å². The van der Waals surface area contributed by atoms with Gasteiger partial charge in [0.25, 0.3) is 5.91 Å². The maximum atomic E-state index is 13.8. The molecule has 0 heterocycles. The zero-order chi connectivity index (χ0) is 25.9. The van der Waals surface area contributed by atoms with E-state index in [1.165, 1.54) is 48.5 Å². The topological polar surface area (TPSA) is 75.6 Å². The monoisotopic (exact) mass is 521 g/mol. The van der Waals surface area contributed by atoms with Crippen LogP contribution in [0.5, 0.6) is 5.75 Å². The standard InChI is InChI=1S/C26H23F4NO4S/c27-18-8-12-20-17(13-18)7-11-21(24(32)31-22(25(33)34)16-3-1-2-4-16)23(20)35-14-15-5-9-19(10-6-15)36-26(28,29)30/h5-13,16,22H,1-4,14H2,(H,31,32)(H,33,34). The Balaban J connectivity index is 1.60. The highest BCUT2D eigenvalue weighted by atomic mass is 32.2. The number of nitrogens with one attached hydrogen (secondary N) is 1. The molecular formula is C26H23F4NO4S. The zero-order valence-electron chi connectivity index (χ0n) is 19.0. The van der Waals surface area contributed by atoms with Gasteiger partial charge in [-0.2, -0.15) is 13.2 Å². The van der Waals surface area contributed by atoms with Gasteiger partial charge < -0.3 is 15.2 Å². The molecule has 1 aliphatic carbocycles. The van der Waals surface area contributed by atoms with Crippen molar-refractivity contribution < 1.29 is 37.0 Å². The van der Waals surface area contributed by atoms with Crippen molar-refractivity contribution in [1.29, 1.82) is 0 Å². The number of rotatable bonds is 8. The van der Waals surface area contributed by atoms with Crippen LogP contribution >= 0.6 is 11.8 Å². The van der Waals surface area contributed by atoms with Gasteiger partial charge in [0.2, 0.25) is 0 Å². The lowest BCUT2D eigenvalue weighted by Gasteiger charge is -2.22. The average molecular weight is 522 g/mol. The van der Waals surface area contributed by atoms with Crippen LogP contribution in [-0.2, 0) is 11.4 Å². The molecule has 0 aliphatic heterocycles. The molecule has 1 amide bonds. The Morgan fingerprint density at radius 3 is 2.39 bits per heavy atom. The maximum Gasteiger partial charge on any atom is 0.446 e. The van der Waals surface area contributed by atoms with Gasteiger partial charge in [0.1, 0.15) is 24.2 Å². The highest BCUT2D eigenvalue weighted by Gasteiger charge is 2.33. The van der Waals surface area contributed by atoms with Crippen molar-refractivity contribution >= 4 is 34.4 Å². The Bertz CT molecular complexity index is 1260. The minimum absolute atomic E-state index is 0.0265.